The number of nitrogens with zero attached hydrogens (tertiary/aromatic N) is 2. The molecule has 1 aromatic rings. The fourth-order valence-electron chi connectivity index (χ4n) is 1.53. The lowest BCUT2D eigenvalue weighted by Gasteiger charge is -2.04. The molecule has 0 aliphatic heterocycles. The lowest BCUT2D eigenvalue weighted by molar-refractivity contribution is 0.283. The van der Waals surface area contributed by atoms with E-state index in [0.29, 0.717) is 6.61 Å². The Bertz CT molecular complexity index is 260. The highest BCUT2D eigenvalue weighted by Crippen LogP contribution is 1.96. The molecule has 0 radical (unpaired) electrons. The van der Waals surface area contributed by atoms with Crippen LogP contribution in [0.2, 0.25) is 0 Å². The number of aryl methyl sites for hydroxylation is 1. The van der Waals surface area contributed by atoms with Gasteiger partial charge in [-0.25, -0.2) is 0 Å². The quantitative estimate of drug-likeness (QED) is 0.623. The van der Waals surface area contributed by atoms with E-state index >= 15 is 0 Å². The van der Waals surface area contributed by atoms with Crippen molar-refractivity contribution in [2.45, 2.75) is 25.7 Å². The van der Waals surface area contributed by atoms with E-state index < -0.39 is 0 Å². The van der Waals surface area contributed by atoms with E-state index in [0.717, 1.165) is 38.8 Å². The Kier molecular flexibility index (Phi) is 6.04. The molecule has 0 atom stereocenters. The van der Waals surface area contributed by atoms with Crippen molar-refractivity contribution in [3.63, 3.8) is 0 Å². The van der Waals surface area contributed by atoms with Crippen LogP contribution in [0.15, 0.2) is 12.3 Å². The van der Waals surface area contributed by atoms with Crippen LogP contribution in [0.4, 0.5) is 0 Å². The first kappa shape index (κ1) is 12.2. The molecular weight excluding hydrogens is 190 g/mol. The molecule has 0 aliphatic rings. The van der Waals surface area contributed by atoms with Crippen molar-refractivity contribution >= 4 is 0 Å². The predicted molar refractivity (Wildman–Crippen MR) is 60.7 cm³/mol. The summed E-state index contributed by atoms with van der Waals surface area (Å²) in [5, 5.41) is 16.1. The number of aliphatic hydroxyl groups excluding tert-OH is 1. The van der Waals surface area contributed by atoms with Gasteiger partial charge in [0.15, 0.2) is 0 Å². The molecule has 1 aromatic heterocycles. The number of hydrogen-bond donors (Lipinski definition) is 2. The molecule has 0 aliphatic carbocycles. The van der Waals surface area contributed by atoms with Crippen molar-refractivity contribution in [2.75, 3.05) is 19.7 Å². The SMILES string of the molecule is Cn1nccc1CCNCCCCCO. The Hall–Kier alpha value is -0.870. The van der Waals surface area contributed by atoms with E-state index in [1.54, 1.807) is 0 Å². The van der Waals surface area contributed by atoms with Crippen LogP contribution >= 0.6 is 0 Å². The van der Waals surface area contributed by atoms with E-state index in [1.165, 1.54) is 5.69 Å². The number of rotatable bonds is 8. The largest absolute Gasteiger partial charge is 0.396 e. The van der Waals surface area contributed by atoms with Crippen LogP contribution in [-0.2, 0) is 13.5 Å². The summed E-state index contributed by atoms with van der Waals surface area (Å²) in [7, 11) is 1.97. The first-order valence-corrected chi connectivity index (χ1v) is 5.63. The zero-order valence-corrected chi connectivity index (χ0v) is 9.45. The van der Waals surface area contributed by atoms with Gasteiger partial charge >= 0.3 is 0 Å². The van der Waals surface area contributed by atoms with Crippen LogP contribution in [0.5, 0.6) is 0 Å². The van der Waals surface area contributed by atoms with Crippen molar-refractivity contribution in [1.29, 1.82) is 0 Å². The molecule has 0 bridgehead atoms. The summed E-state index contributed by atoms with van der Waals surface area (Å²) >= 11 is 0. The van der Waals surface area contributed by atoms with Gasteiger partial charge in [0.2, 0.25) is 0 Å². The Labute approximate surface area is 91.3 Å². The van der Waals surface area contributed by atoms with Crippen LogP contribution in [0, 0.1) is 0 Å². The van der Waals surface area contributed by atoms with E-state index in [1.807, 2.05) is 24.0 Å². The van der Waals surface area contributed by atoms with E-state index in [9.17, 15) is 0 Å². The average molecular weight is 211 g/mol. The van der Waals surface area contributed by atoms with Crippen molar-refractivity contribution in [3.05, 3.63) is 18.0 Å². The minimum atomic E-state index is 0.315. The Morgan fingerprint density at radius 2 is 2.20 bits per heavy atom. The van der Waals surface area contributed by atoms with Crippen molar-refractivity contribution in [1.82, 2.24) is 15.1 Å². The summed E-state index contributed by atoms with van der Waals surface area (Å²) in [5.74, 6) is 0. The monoisotopic (exact) mass is 211 g/mol. The second-order valence-corrected chi connectivity index (χ2v) is 3.73. The number of aliphatic hydroxyl groups is 1. The molecule has 1 rings (SSSR count). The van der Waals surface area contributed by atoms with Crippen molar-refractivity contribution < 1.29 is 5.11 Å². The lowest BCUT2D eigenvalue weighted by atomic mass is 10.2. The molecule has 0 amide bonds. The van der Waals surface area contributed by atoms with Crippen LogP contribution < -0.4 is 5.32 Å². The van der Waals surface area contributed by atoms with Gasteiger partial charge in [-0.1, -0.05) is 0 Å². The number of nitrogens with one attached hydrogen (secondary N) is 1. The maximum Gasteiger partial charge on any atom is 0.0492 e. The van der Waals surface area contributed by atoms with Gasteiger partial charge in [0, 0.05) is 38.5 Å². The Morgan fingerprint density at radius 1 is 1.33 bits per heavy atom. The molecule has 0 spiro atoms. The van der Waals surface area contributed by atoms with Gasteiger partial charge in [0.05, 0.1) is 0 Å². The highest BCUT2D eigenvalue weighted by molar-refractivity contribution is 5.00. The van der Waals surface area contributed by atoms with Crippen LogP contribution in [0.3, 0.4) is 0 Å². The highest BCUT2D eigenvalue weighted by Gasteiger charge is 1.96. The first-order valence-electron chi connectivity index (χ1n) is 5.63. The summed E-state index contributed by atoms with van der Waals surface area (Å²) in [6.45, 7) is 2.35. The second kappa shape index (κ2) is 7.43. The van der Waals surface area contributed by atoms with Crippen molar-refractivity contribution in [2.24, 2.45) is 7.05 Å². The zero-order valence-electron chi connectivity index (χ0n) is 9.45. The summed E-state index contributed by atoms with van der Waals surface area (Å²) in [6, 6.07) is 2.05. The van der Waals surface area contributed by atoms with E-state index in [4.69, 9.17) is 5.11 Å². The molecule has 86 valence electrons. The van der Waals surface area contributed by atoms with E-state index in [2.05, 4.69) is 10.4 Å². The maximum atomic E-state index is 8.59. The Morgan fingerprint density at radius 3 is 2.87 bits per heavy atom. The molecular formula is C11H21N3O. The van der Waals surface area contributed by atoms with Gasteiger partial charge in [-0.2, -0.15) is 5.10 Å². The number of unbranched alkanes of at least 4 members (excludes halogenated alkanes) is 2. The highest BCUT2D eigenvalue weighted by atomic mass is 16.2. The molecule has 2 N–H and O–H groups in total. The molecule has 15 heavy (non-hydrogen) atoms. The number of hydrogen-bond acceptors (Lipinski definition) is 3. The van der Waals surface area contributed by atoms with Gasteiger partial charge in [0.1, 0.15) is 0 Å². The molecule has 1 heterocycles. The minimum Gasteiger partial charge on any atom is -0.396 e. The molecule has 0 fully saturated rings. The smallest absolute Gasteiger partial charge is 0.0492 e. The summed E-state index contributed by atoms with van der Waals surface area (Å²) in [5.41, 5.74) is 1.26. The van der Waals surface area contributed by atoms with Crippen LogP contribution in [0.1, 0.15) is 25.0 Å². The maximum absolute atomic E-state index is 8.59. The molecule has 0 unspecified atom stereocenters. The zero-order chi connectivity index (χ0) is 10.9. The van der Waals surface area contributed by atoms with Crippen molar-refractivity contribution in [3.8, 4) is 0 Å². The topological polar surface area (TPSA) is 50.1 Å². The van der Waals surface area contributed by atoms with Gasteiger partial charge in [-0.3, -0.25) is 4.68 Å². The second-order valence-electron chi connectivity index (χ2n) is 3.73. The average Bonchev–Trinajstić information content (AvgIpc) is 2.63. The third kappa shape index (κ3) is 4.95. The lowest BCUT2D eigenvalue weighted by Crippen LogP contribution is -2.19. The standard InChI is InChI=1S/C11H21N3O/c1-14-11(6-9-13-14)5-8-12-7-3-2-4-10-15/h6,9,12,15H,2-5,7-8,10H2,1H3. The normalized spacial score (nSPS) is 10.8. The third-order valence-electron chi connectivity index (χ3n) is 2.49. The molecule has 0 aromatic carbocycles. The van der Waals surface area contributed by atoms with Crippen LogP contribution in [0.25, 0.3) is 0 Å². The first-order chi connectivity index (χ1) is 7.34. The molecule has 0 saturated heterocycles. The van der Waals surface area contributed by atoms with Gasteiger partial charge in [0.25, 0.3) is 0 Å². The number of aromatic nitrogens is 2. The molecule has 0 saturated carbocycles. The fraction of sp³-hybridized carbons (Fsp3) is 0.727. The minimum absolute atomic E-state index is 0.315. The van der Waals surface area contributed by atoms with E-state index in [-0.39, 0.29) is 0 Å². The molecule has 4 heteroatoms. The third-order valence-corrected chi connectivity index (χ3v) is 2.49. The van der Waals surface area contributed by atoms with Gasteiger partial charge in [-0.05, 0) is 31.9 Å². The van der Waals surface area contributed by atoms with Crippen LogP contribution in [-0.4, -0.2) is 34.6 Å². The Balaban J connectivity index is 1.96. The fourth-order valence-corrected chi connectivity index (χ4v) is 1.53. The summed E-state index contributed by atoms with van der Waals surface area (Å²) < 4.78 is 1.91. The summed E-state index contributed by atoms with van der Waals surface area (Å²) in [4.78, 5) is 0. The predicted octanol–water partition coefficient (Wildman–Crippen LogP) is 0.715. The van der Waals surface area contributed by atoms with Gasteiger partial charge < -0.3 is 10.4 Å². The van der Waals surface area contributed by atoms with Gasteiger partial charge in [-0.15, -0.1) is 0 Å². The molecule has 4 nitrogen and oxygen atoms in total. The summed E-state index contributed by atoms with van der Waals surface area (Å²) in [6.07, 6.45) is 6.03.